The first-order valence-electron chi connectivity index (χ1n) is 6.19. The molecule has 0 fully saturated rings. The molecule has 1 rings (SSSR count). The fraction of sp³-hybridized carbons (Fsp3) is 0.500. The van der Waals surface area contributed by atoms with Gasteiger partial charge in [0.25, 0.3) is 0 Å². The van der Waals surface area contributed by atoms with Gasteiger partial charge in [0.15, 0.2) is 0 Å². The Morgan fingerprint density at radius 2 is 1.79 bits per heavy atom. The standard InChI is InChI=1S/C14H20F2N2O/c1-9(13-10(15)6-5-7-11(13)16)18-12(19)8-17-14(2,3)4/h5-7,9,17H,8H2,1-4H3,(H,18,19). The molecule has 0 aromatic heterocycles. The van der Waals surface area contributed by atoms with Crippen LogP contribution in [0.1, 0.15) is 39.3 Å². The van der Waals surface area contributed by atoms with Crippen LogP contribution in [0, 0.1) is 11.6 Å². The van der Waals surface area contributed by atoms with Crippen molar-refractivity contribution < 1.29 is 13.6 Å². The number of hydrogen-bond donors (Lipinski definition) is 2. The van der Waals surface area contributed by atoms with Crippen molar-refractivity contribution in [3.8, 4) is 0 Å². The first kappa shape index (κ1) is 15.6. The largest absolute Gasteiger partial charge is 0.348 e. The quantitative estimate of drug-likeness (QED) is 0.882. The smallest absolute Gasteiger partial charge is 0.234 e. The highest BCUT2D eigenvalue weighted by molar-refractivity contribution is 5.78. The Labute approximate surface area is 112 Å². The van der Waals surface area contributed by atoms with Crippen LogP contribution in [0.15, 0.2) is 18.2 Å². The lowest BCUT2D eigenvalue weighted by molar-refractivity contribution is -0.121. The van der Waals surface area contributed by atoms with E-state index in [0.29, 0.717) is 0 Å². The molecule has 1 unspecified atom stereocenters. The van der Waals surface area contributed by atoms with Gasteiger partial charge >= 0.3 is 0 Å². The summed E-state index contributed by atoms with van der Waals surface area (Å²) in [4.78, 5) is 11.7. The van der Waals surface area contributed by atoms with E-state index in [1.165, 1.54) is 18.2 Å². The molecule has 0 radical (unpaired) electrons. The predicted molar refractivity (Wildman–Crippen MR) is 70.7 cm³/mol. The molecule has 0 aliphatic carbocycles. The SMILES string of the molecule is CC(NC(=O)CNC(C)(C)C)c1c(F)cccc1F. The fourth-order valence-corrected chi connectivity index (χ4v) is 1.63. The first-order chi connectivity index (χ1) is 8.70. The molecule has 106 valence electrons. The third kappa shape index (κ3) is 4.95. The number of amides is 1. The molecule has 1 aromatic carbocycles. The van der Waals surface area contributed by atoms with Gasteiger partial charge in [-0.25, -0.2) is 8.78 Å². The van der Waals surface area contributed by atoms with Gasteiger partial charge < -0.3 is 10.6 Å². The van der Waals surface area contributed by atoms with Crippen molar-refractivity contribution in [3.05, 3.63) is 35.4 Å². The molecule has 0 spiro atoms. The van der Waals surface area contributed by atoms with Gasteiger partial charge in [-0.15, -0.1) is 0 Å². The summed E-state index contributed by atoms with van der Waals surface area (Å²) < 4.78 is 27.0. The maximum Gasteiger partial charge on any atom is 0.234 e. The molecule has 0 heterocycles. The van der Waals surface area contributed by atoms with Crippen molar-refractivity contribution in [1.82, 2.24) is 10.6 Å². The number of hydrogen-bond acceptors (Lipinski definition) is 2. The zero-order chi connectivity index (χ0) is 14.6. The van der Waals surface area contributed by atoms with Gasteiger partial charge in [0.1, 0.15) is 11.6 Å². The molecule has 1 amide bonds. The Balaban J connectivity index is 2.65. The Bertz CT molecular complexity index is 435. The van der Waals surface area contributed by atoms with Gasteiger partial charge in [-0.2, -0.15) is 0 Å². The van der Waals surface area contributed by atoms with E-state index in [-0.39, 0.29) is 23.6 Å². The second-order valence-electron chi connectivity index (χ2n) is 5.53. The molecule has 0 saturated carbocycles. The fourth-order valence-electron chi connectivity index (χ4n) is 1.63. The molecule has 19 heavy (non-hydrogen) atoms. The van der Waals surface area contributed by atoms with E-state index < -0.39 is 17.7 Å². The molecule has 1 aromatic rings. The second-order valence-corrected chi connectivity index (χ2v) is 5.53. The Morgan fingerprint density at radius 1 is 1.26 bits per heavy atom. The average molecular weight is 270 g/mol. The van der Waals surface area contributed by atoms with Crippen molar-refractivity contribution in [1.29, 1.82) is 0 Å². The zero-order valence-corrected chi connectivity index (χ0v) is 11.7. The number of benzene rings is 1. The third-order valence-electron chi connectivity index (χ3n) is 2.59. The van der Waals surface area contributed by atoms with Crippen molar-refractivity contribution in [2.24, 2.45) is 0 Å². The minimum Gasteiger partial charge on any atom is -0.348 e. The maximum atomic E-state index is 13.5. The molecule has 1 atom stereocenters. The molecule has 3 nitrogen and oxygen atoms in total. The van der Waals surface area contributed by atoms with Crippen LogP contribution >= 0.6 is 0 Å². The van der Waals surface area contributed by atoms with E-state index >= 15 is 0 Å². The normalized spacial score (nSPS) is 13.2. The number of carbonyl (C=O) groups is 1. The van der Waals surface area contributed by atoms with Crippen molar-refractivity contribution in [3.63, 3.8) is 0 Å². The number of carbonyl (C=O) groups excluding carboxylic acids is 1. The highest BCUT2D eigenvalue weighted by Crippen LogP contribution is 2.19. The van der Waals surface area contributed by atoms with Crippen LogP contribution in [0.5, 0.6) is 0 Å². The van der Waals surface area contributed by atoms with E-state index in [0.717, 1.165) is 0 Å². The molecule has 0 saturated heterocycles. The van der Waals surface area contributed by atoms with Crippen LogP contribution in [0.3, 0.4) is 0 Å². The highest BCUT2D eigenvalue weighted by Gasteiger charge is 2.18. The Hall–Kier alpha value is -1.49. The van der Waals surface area contributed by atoms with E-state index in [1.54, 1.807) is 6.92 Å². The van der Waals surface area contributed by atoms with E-state index in [1.807, 2.05) is 20.8 Å². The number of rotatable bonds is 4. The Kier molecular flexibility index (Phi) is 5.00. The second kappa shape index (κ2) is 6.10. The van der Waals surface area contributed by atoms with Crippen molar-refractivity contribution >= 4 is 5.91 Å². The lowest BCUT2D eigenvalue weighted by Crippen LogP contribution is -2.43. The molecular weight excluding hydrogens is 250 g/mol. The topological polar surface area (TPSA) is 41.1 Å². The van der Waals surface area contributed by atoms with Gasteiger partial charge in [-0.3, -0.25) is 4.79 Å². The minimum absolute atomic E-state index is 0.101. The summed E-state index contributed by atoms with van der Waals surface area (Å²) in [5, 5.41) is 5.58. The van der Waals surface area contributed by atoms with Crippen LogP contribution in [0.4, 0.5) is 8.78 Å². The highest BCUT2D eigenvalue weighted by atomic mass is 19.1. The van der Waals surface area contributed by atoms with Crippen LogP contribution in [-0.4, -0.2) is 18.0 Å². The van der Waals surface area contributed by atoms with Crippen molar-refractivity contribution in [2.75, 3.05) is 6.54 Å². The van der Waals surface area contributed by atoms with Gasteiger partial charge in [0.05, 0.1) is 12.6 Å². The number of nitrogens with one attached hydrogen (secondary N) is 2. The molecule has 2 N–H and O–H groups in total. The molecule has 0 aliphatic heterocycles. The third-order valence-corrected chi connectivity index (χ3v) is 2.59. The molecular formula is C14H20F2N2O. The average Bonchev–Trinajstić information content (AvgIpc) is 2.25. The van der Waals surface area contributed by atoms with Crippen LogP contribution in [-0.2, 0) is 4.79 Å². The van der Waals surface area contributed by atoms with Crippen LogP contribution in [0.2, 0.25) is 0 Å². The molecule has 5 heteroatoms. The van der Waals surface area contributed by atoms with Crippen LogP contribution < -0.4 is 10.6 Å². The number of halogens is 2. The summed E-state index contributed by atoms with van der Waals surface area (Å²) in [5.41, 5.74) is -0.310. The van der Waals surface area contributed by atoms with Gasteiger partial charge in [-0.05, 0) is 39.8 Å². The van der Waals surface area contributed by atoms with Gasteiger partial charge in [0.2, 0.25) is 5.91 Å². The monoisotopic (exact) mass is 270 g/mol. The summed E-state index contributed by atoms with van der Waals surface area (Å²) in [6.07, 6.45) is 0. The lowest BCUT2D eigenvalue weighted by atomic mass is 10.1. The minimum atomic E-state index is -0.713. The molecule has 0 bridgehead atoms. The van der Waals surface area contributed by atoms with Gasteiger partial charge in [-0.1, -0.05) is 6.07 Å². The summed E-state index contributed by atoms with van der Waals surface area (Å²) in [6, 6.07) is 2.93. The summed E-state index contributed by atoms with van der Waals surface area (Å²) >= 11 is 0. The van der Waals surface area contributed by atoms with Gasteiger partial charge in [0, 0.05) is 11.1 Å². The zero-order valence-electron chi connectivity index (χ0n) is 11.7. The Morgan fingerprint density at radius 3 is 2.26 bits per heavy atom. The first-order valence-corrected chi connectivity index (χ1v) is 6.19. The maximum absolute atomic E-state index is 13.5. The van der Waals surface area contributed by atoms with E-state index in [4.69, 9.17) is 0 Å². The predicted octanol–water partition coefficient (Wildman–Crippen LogP) is 2.53. The summed E-state index contributed by atoms with van der Waals surface area (Å²) in [6.45, 7) is 7.45. The summed E-state index contributed by atoms with van der Waals surface area (Å²) in [7, 11) is 0. The van der Waals surface area contributed by atoms with Crippen molar-refractivity contribution in [2.45, 2.75) is 39.3 Å². The van der Waals surface area contributed by atoms with Crippen LogP contribution in [0.25, 0.3) is 0 Å². The summed E-state index contributed by atoms with van der Waals surface area (Å²) in [5.74, 6) is -1.61. The van der Waals surface area contributed by atoms with E-state index in [2.05, 4.69) is 10.6 Å². The van der Waals surface area contributed by atoms with E-state index in [9.17, 15) is 13.6 Å². The lowest BCUT2D eigenvalue weighted by Gasteiger charge is -2.21. The molecule has 0 aliphatic rings.